The van der Waals surface area contributed by atoms with Crippen LogP contribution in [-0.2, 0) is 33.5 Å². The van der Waals surface area contributed by atoms with Crippen molar-refractivity contribution >= 4 is 29.5 Å². The second kappa shape index (κ2) is 21.1. The molecule has 20 nitrogen and oxygen atoms in total. The van der Waals surface area contributed by atoms with Crippen LogP contribution in [0.2, 0.25) is 0 Å². The number of rotatable bonds is 21. The summed E-state index contributed by atoms with van der Waals surface area (Å²) < 4.78 is 5.49. The fourth-order valence-electron chi connectivity index (χ4n) is 4.79. The van der Waals surface area contributed by atoms with Gasteiger partial charge < -0.3 is 68.7 Å². The maximum atomic E-state index is 13.6. The standard InChI is InChI=1S/C28H54N8O12/c1-13(2)9-15(30)25(44)32-14(3)24(43)34-17(10-36(47-4)28-22(41)21(40)20(39)19(12-38)48-28)26(45)35-18(11-37)27(46)33-16(23(31)42)7-5-6-8-29/h13-22,28,37-41H,5-12,29-30H2,1-4H3,(H2,31,42)(H,32,44)(H,33,46)(H,34,43)(H,35,45)/t14-,15-,16-,17-,18-,19+,20+,21-,22+,28+/m0/s1. The second-order valence-corrected chi connectivity index (χ2v) is 12.0. The number of ether oxygens (including phenoxy) is 1. The van der Waals surface area contributed by atoms with Gasteiger partial charge in [-0.1, -0.05) is 13.8 Å². The van der Waals surface area contributed by atoms with E-state index < -0.39 is 110 Å². The molecule has 20 heteroatoms. The molecule has 1 aliphatic rings. The van der Waals surface area contributed by atoms with Crippen LogP contribution in [0.3, 0.4) is 0 Å². The normalized spacial score (nSPS) is 24.2. The Morgan fingerprint density at radius 3 is 1.94 bits per heavy atom. The number of hydroxylamine groups is 2. The van der Waals surface area contributed by atoms with Crippen molar-refractivity contribution in [3.8, 4) is 0 Å². The van der Waals surface area contributed by atoms with Crippen molar-refractivity contribution < 1.29 is 59.1 Å². The first kappa shape index (κ1) is 43.0. The predicted octanol–water partition coefficient (Wildman–Crippen LogP) is -6.41. The zero-order valence-corrected chi connectivity index (χ0v) is 27.8. The first-order chi connectivity index (χ1) is 22.5. The highest BCUT2D eigenvalue weighted by Gasteiger charge is 2.47. The molecular weight excluding hydrogens is 640 g/mol. The second-order valence-electron chi connectivity index (χ2n) is 12.0. The fraction of sp³-hybridized carbons (Fsp3) is 0.821. The Morgan fingerprint density at radius 2 is 1.42 bits per heavy atom. The number of amides is 5. The van der Waals surface area contributed by atoms with E-state index in [2.05, 4.69) is 21.3 Å². The summed E-state index contributed by atoms with van der Waals surface area (Å²) in [6, 6.07) is -6.57. The number of aliphatic hydroxyl groups excluding tert-OH is 5. The van der Waals surface area contributed by atoms with Crippen molar-refractivity contribution in [1.82, 2.24) is 26.3 Å². The number of nitrogens with two attached hydrogens (primary N) is 3. The Bertz CT molecular complexity index is 1050. The highest BCUT2D eigenvalue weighted by Crippen LogP contribution is 2.24. The Labute approximate surface area is 279 Å². The number of nitrogens with zero attached hydrogens (tertiary/aromatic N) is 1. The number of hydrogen-bond acceptors (Lipinski definition) is 15. The predicted molar refractivity (Wildman–Crippen MR) is 167 cm³/mol. The Hall–Kier alpha value is -3.05. The smallest absolute Gasteiger partial charge is 0.245 e. The van der Waals surface area contributed by atoms with Crippen LogP contribution in [0.1, 0.15) is 46.5 Å². The molecule has 15 N–H and O–H groups in total. The average Bonchev–Trinajstić information content (AvgIpc) is 3.03. The SMILES string of the molecule is CON(C[C@H](NC(=O)[C@H](C)NC(=O)[C@@H](N)CC(C)C)C(=O)N[C@@H](CO)C(=O)N[C@@H](CCCCN)C(N)=O)[C@@H]1O[C@H](CO)[C@@H](O)[C@H](O)[C@H]1O. The lowest BCUT2D eigenvalue weighted by molar-refractivity contribution is -0.328. The van der Waals surface area contributed by atoms with Gasteiger partial charge in [-0.2, -0.15) is 5.06 Å². The summed E-state index contributed by atoms with van der Waals surface area (Å²) in [5, 5.41) is 60.9. The van der Waals surface area contributed by atoms with Gasteiger partial charge in [-0.3, -0.25) is 28.8 Å². The van der Waals surface area contributed by atoms with Gasteiger partial charge in [-0.15, -0.1) is 0 Å². The third-order valence-electron chi connectivity index (χ3n) is 7.62. The summed E-state index contributed by atoms with van der Waals surface area (Å²) in [5.41, 5.74) is 16.8. The molecule has 0 aromatic heterocycles. The first-order valence-corrected chi connectivity index (χ1v) is 15.7. The Balaban J connectivity index is 3.27. The summed E-state index contributed by atoms with van der Waals surface area (Å²) in [6.07, 6.45) is -6.79. The van der Waals surface area contributed by atoms with E-state index in [1.165, 1.54) is 6.92 Å². The molecule has 1 aliphatic heterocycles. The molecule has 0 aliphatic carbocycles. The van der Waals surface area contributed by atoms with E-state index in [4.69, 9.17) is 26.8 Å². The summed E-state index contributed by atoms with van der Waals surface area (Å²) in [7, 11) is 1.11. The minimum atomic E-state index is -1.83. The lowest BCUT2D eigenvalue weighted by Gasteiger charge is -2.44. The maximum Gasteiger partial charge on any atom is 0.245 e. The molecule has 48 heavy (non-hydrogen) atoms. The highest BCUT2D eigenvalue weighted by molar-refractivity contribution is 5.95. The molecule has 278 valence electrons. The van der Waals surface area contributed by atoms with Gasteiger partial charge in [0, 0.05) is 0 Å². The van der Waals surface area contributed by atoms with Gasteiger partial charge >= 0.3 is 0 Å². The number of hydrogen-bond donors (Lipinski definition) is 12. The Kier molecular flexibility index (Phi) is 18.9. The van der Waals surface area contributed by atoms with E-state index in [1.54, 1.807) is 0 Å². The van der Waals surface area contributed by atoms with Gasteiger partial charge in [0.1, 0.15) is 48.6 Å². The molecule has 1 rings (SSSR count). The lowest BCUT2D eigenvalue weighted by atomic mass is 9.98. The molecule has 1 fully saturated rings. The third kappa shape index (κ3) is 13.1. The Morgan fingerprint density at radius 1 is 0.833 bits per heavy atom. The number of carbonyl (C=O) groups excluding carboxylic acids is 5. The molecule has 1 saturated heterocycles. The minimum Gasteiger partial charge on any atom is -0.394 e. The van der Waals surface area contributed by atoms with Gasteiger partial charge in [-0.25, -0.2) is 0 Å². The molecule has 10 atom stereocenters. The summed E-state index contributed by atoms with van der Waals surface area (Å²) in [5.74, 6) is -4.31. The molecule has 0 aromatic rings. The van der Waals surface area contributed by atoms with Gasteiger partial charge in [0.15, 0.2) is 6.23 Å². The first-order valence-electron chi connectivity index (χ1n) is 15.7. The van der Waals surface area contributed by atoms with Gasteiger partial charge in [0.25, 0.3) is 0 Å². The summed E-state index contributed by atoms with van der Waals surface area (Å²) in [4.78, 5) is 69.4. The topological polar surface area (TPSA) is 334 Å². The molecule has 1 heterocycles. The van der Waals surface area contributed by atoms with Gasteiger partial charge in [0.05, 0.1) is 32.9 Å². The lowest BCUT2D eigenvalue weighted by Crippen LogP contribution is -2.66. The van der Waals surface area contributed by atoms with Crippen molar-refractivity contribution in [2.75, 3.05) is 33.4 Å². The van der Waals surface area contributed by atoms with Crippen molar-refractivity contribution in [2.24, 2.45) is 23.1 Å². The van der Waals surface area contributed by atoms with Crippen molar-refractivity contribution in [2.45, 2.75) is 107 Å². The summed E-state index contributed by atoms with van der Waals surface area (Å²) in [6.45, 7) is 3.05. The maximum absolute atomic E-state index is 13.6. The molecule has 0 bridgehead atoms. The molecule has 0 saturated carbocycles. The van der Waals surface area contributed by atoms with Crippen LogP contribution >= 0.6 is 0 Å². The number of unbranched alkanes of at least 4 members (excludes halogenated alkanes) is 1. The van der Waals surface area contributed by atoms with E-state index in [1.807, 2.05) is 13.8 Å². The van der Waals surface area contributed by atoms with Crippen molar-refractivity contribution in [3.63, 3.8) is 0 Å². The molecule has 0 aromatic carbocycles. The van der Waals surface area contributed by atoms with E-state index in [9.17, 15) is 49.5 Å². The number of aliphatic hydroxyl groups is 5. The minimum absolute atomic E-state index is 0.0891. The molecule has 0 spiro atoms. The van der Waals surface area contributed by atoms with E-state index in [-0.39, 0.29) is 12.3 Å². The van der Waals surface area contributed by atoms with Crippen molar-refractivity contribution in [3.05, 3.63) is 0 Å². The molecule has 0 radical (unpaired) electrons. The summed E-state index contributed by atoms with van der Waals surface area (Å²) >= 11 is 0. The third-order valence-corrected chi connectivity index (χ3v) is 7.62. The van der Waals surface area contributed by atoms with Crippen LogP contribution in [0.15, 0.2) is 0 Å². The average molecular weight is 695 g/mol. The van der Waals surface area contributed by atoms with Crippen LogP contribution < -0.4 is 38.5 Å². The quantitative estimate of drug-likeness (QED) is 0.0393. The van der Waals surface area contributed by atoms with Crippen LogP contribution in [-0.4, -0.2) is 154 Å². The zero-order valence-electron chi connectivity index (χ0n) is 27.8. The number of carbonyl (C=O) groups is 5. The van der Waals surface area contributed by atoms with Crippen LogP contribution in [0, 0.1) is 5.92 Å². The fourth-order valence-corrected chi connectivity index (χ4v) is 4.79. The molecule has 5 amide bonds. The van der Waals surface area contributed by atoms with E-state index >= 15 is 0 Å². The van der Waals surface area contributed by atoms with Gasteiger partial charge in [0.2, 0.25) is 29.5 Å². The van der Waals surface area contributed by atoms with E-state index in [0.717, 1.165) is 12.2 Å². The van der Waals surface area contributed by atoms with Gasteiger partial charge in [-0.05, 0) is 45.1 Å². The van der Waals surface area contributed by atoms with Crippen LogP contribution in [0.4, 0.5) is 0 Å². The zero-order chi connectivity index (χ0) is 36.7. The van der Waals surface area contributed by atoms with Crippen LogP contribution in [0.5, 0.6) is 0 Å². The highest BCUT2D eigenvalue weighted by atomic mass is 16.7. The number of nitrogens with one attached hydrogen (secondary N) is 4. The van der Waals surface area contributed by atoms with Crippen LogP contribution in [0.25, 0.3) is 0 Å². The van der Waals surface area contributed by atoms with E-state index in [0.29, 0.717) is 25.8 Å². The number of primary amides is 1. The molecular formula is C28H54N8O12. The molecule has 0 unspecified atom stereocenters. The largest absolute Gasteiger partial charge is 0.394 e. The monoisotopic (exact) mass is 694 g/mol. The van der Waals surface area contributed by atoms with Crippen molar-refractivity contribution in [1.29, 1.82) is 0 Å².